The van der Waals surface area contributed by atoms with E-state index in [0.717, 1.165) is 11.1 Å². The lowest BCUT2D eigenvalue weighted by Crippen LogP contribution is -2.47. The molecule has 0 radical (unpaired) electrons. The fourth-order valence-corrected chi connectivity index (χ4v) is 2.07. The van der Waals surface area contributed by atoms with Gasteiger partial charge in [-0.2, -0.15) is 5.10 Å². The van der Waals surface area contributed by atoms with Gasteiger partial charge in [-0.15, -0.1) is 0 Å². The van der Waals surface area contributed by atoms with Crippen molar-refractivity contribution >= 4 is 18.0 Å². The van der Waals surface area contributed by atoms with Gasteiger partial charge in [0.15, 0.2) is 0 Å². The van der Waals surface area contributed by atoms with E-state index in [-0.39, 0.29) is 18.2 Å². The Morgan fingerprint density at radius 2 is 2.10 bits per heavy atom. The molecule has 21 heavy (non-hydrogen) atoms. The van der Waals surface area contributed by atoms with E-state index in [2.05, 4.69) is 5.10 Å². The molecule has 0 heterocycles. The zero-order valence-corrected chi connectivity index (χ0v) is 12.5. The first kappa shape index (κ1) is 16.8. The maximum Gasteiger partial charge on any atom is 0.246 e. The molecular formula is C15H22N4O2. The highest BCUT2D eigenvalue weighted by molar-refractivity contribution is 5.97. The molecule has 0 aromatic heterocycles. The summed E-state index contributed by atoms with van der Waals surface area (Å²) >= 11 is 0. The monoisotopic (exact) mass is 290 g/mol. The van der Waals surface area contributed by atoms with E-state index >= 15 is 0 Å². The van der Waals surface area contributed by atoms with E-state index in [0.29, 0.717) is 13.0 Å². The Labute approximate surface area is 124 Å². The molecule has 0 unspecified atom stereocenters. The predicted octanol–water partition coefficient (Wildman–Crippen LogP) is 0.634. The van der Waals surface area contributed by atoms with Gasteiger partial charge in [0.2, 0.25) is 11.8 Å². The molecule has 4 N–H and O–H groups in total. The highest BCUT2D eigenvalue weighted by Crippen LogP contribution is 2.08. The van der Waals surface area contributed by atoms with Crippen molar-refractivity contribution in [3.05, 3.63) is 35.4 Å². The number of likely N-dealkylation sites (N-methyl/N-ethyl adjacent to an activating group) is 1. The van der Waals surface area contributed by atoms with Crippen LogP contribution in [0.25, 0.3) is 0 Å². The quantitative estimate of drug-likeness (QED) is 0.456. The summed E-state index contributed by atoms with van der Waals surface area (Å²) in [5.74, 6) is 4.56. The predicted molar refractivity (Wildman–Crippen MR) is 82.6 cm³/mol. The van der Waals surface area contributed by atoms with Gasteiger partial charge in [0, 0.05) is 13.0 Å². The number of carbonyl (C=O) groups is 2. The zero-order chi connectivity index (χ0) is 15.8. The molecule has 2 amide bonds. The first-order chi connectivity index (χ1) is 10.0. The van der Waals surface area contributed by atoms with Crippen LogP contribution in [0.1, 0.15) is 31.4 Å². The summed E-state index contributed by atoms with van der Waals surface area (Å²) in [5.41, 5.74) is 7.68. The van der Waals surface area contributed by atoms with Crippen LogP contribution in [0.2, 0.25) is 0 Å². The summed E-state index contributed by atoms with van der Waals surface area (Å²) in [6, 6.07) is 6.69. The first-order valence-electron chi connectivity index (χ1n) is 6.95. The number of nitrogens with zero attached hydrogens (tertiary/aromatic N) is 2. The van der Waals surface area contributed by atoms with Gasteiger partial charge < -0.3 is 11.6 Å². The number of rotatable bonds is 6. The van der Waals surface area contributed by atoms with E-state index in [1.165, 1.54) is 11.1 Å². The third-order valence-corrected chi connectivity index (χ3v) is 3.13. The van der Waals surface area contributed by atoms with E-state index in [4.69, 9.17) is 11.6 Å². The van der Waals surface area contributed by atoms with E-state index < -0.39 is 6.04 Å². The number of hydrogen-bond donors (Lipinski definition) is 2. The Morgan fingerprint density at radius 1 is 1.38 bits per heavy atom. The van der Waals surface area contributed by atoms with Gasteiger partial charge in [0.25, 0.3) is 0 Å². The number of carbonyl (C=O) groups excluding carboxylic acids is 2. The summed E-state index contributed by atoms with van der Waals surface area (Å²) in [7, 11) is 0. The normalized spacial score (nSPS) is 12.3. The van der Waals surface area contributed by atoms with Crippen LogP contribution in [-0.2, 0) is 16.0 Å². The van der Waals surface area contributed by atoms with E-state index in [9.17, 15) is 9.59 Å². The second-order valence-electron chi connectivity index (χ2n) is 4.66. The minimum absolute atomic E-state index is 0.207. The fourth-order valence-electron chi connectivity index (χ4n) is 2.07. The molecule has 0 saturated heterocycles. The van der Waals surface area contributed by atoms with Crippen LogP contribution in [0.4, 0.5) is 0 Å². The Morgan fingerprint density at radius 3 is 2.67 bits per heavy atom. The van der Waals surface area contributed by atoms with Crippen LogP contribution in [0, 0.1) is 0 Å². The molecule has 0 fully saturated rings. The molecule has 0 bridgehead atoms. The number of amides is 2. The van der Waals surface area contributed by atoms with Crippen molar-refractivity contribution in [3.8, 4) is 0 Å². The van der Waals surface area contributed by atoms with Gasteiger partial charge in [0.05, 0.1) is 12.3 Å². The van der Waals surface area contributed by atoms with Crippen molar-refractivity contribution in [1.82, 2.24) is 4.90 Å². The van der Waals surface area contributed by atoms with Crippen molar-refractivity contribution in [2.24, 2.45) is 16.7 Å². The van der Waals surface area contributed by atoms with Crippen LogP contribution in [0.3, 0.4) is 0 Å². The standard InChI is InChI=1S/C15H22N4O2/c1-3-14(20)19(4-2)15(21)13(16)9-11-6-5-7-12(8-11)10-18-17/h5-8,10,13H,3-4,9,16-17H2,1-2H3/t13-/m0/s1. The molecule has 1 atom stereocenters. The maximum absolute atomic E-state index is 12.2. The zero-order valence-electron chi connectivity index (χ0n) is 12.5. The molecule has 0 aliphatic carbocycles. The molecule has 1 aromatic carbocycles. The number of nitrogens with two attached hydrogens (primary N) is 2. The molecule has 0 aliphatic heterocycles. The molecule has 1 aromatic rings. The largest absolute Gasteiger partial charge is 0.323 e. The van der Waals surface area contributed by atoms with Crippen LogP contribution < -0.4 is 11.6 Å². The molecular weight excluding hydrogens is 268 g/mol. The second-order valence-corrected chi connectivity index (χ2v) is 4.66. The van der Waals surface area contributed by atoms with Gasteiger partial charge in [-0.25, -0.2) is 0 Å². The molecule has 0 spiro atoms. The summed E-state index contributed by atoms with van der Waals surface area (Å²) in [4.78, 5) is 25.1. The van der Waals surface area contributed by atoms with Gasteiger partial charge in [-0.3, -0.25) is 14.5 Å². The Balaban J connectivity index is 2.80. The average Bonchev–Trinajstić information content (AvgIpc) is 2.48. The van der Waals surface area contributed by atoms with Crippen molar-refractivity contribution in [1.29, 1.82) is 0 Å². The van der Waals surface area contributed by atoms with E-state index in [1.807, 2.05) is 24.3 Å². The summed E-state index contributed by atoms with van der Waals surface area (Å²) < 4.78 is 0. The number of hydrogen-bond acceptors (Lipinski definition) is 5. The highest BCUT2D eigenvalue weighted by Gasteiger charge is 2.24. The molecule has 6 heteroatoms. The van der Waals surface area contributed by atoms with Crippen LogP contribution in [-0.4, -0.2) is 35.5 Å². The van der Waals surface area contributed by atoms with Crippen LogP contribution in [0.5, 0.6) is 0 Å². The van der Waals surface area contributed by atoms with Gasteiger partial charge in [-0.1, -0.05) is 31.2 Å². The average molecular weight is 290 g/mol. The van der Waals surface area contributed by atoms with Crippen LogP contribution in [0.15, 0.2) is 29.4 Å². The SMILES string of the molecule is CCC(=O)N(CC)C(=O)[C@@H](N)Cc1cccc(C=NN)c1. The number of hydrazone groups is 1. The Hall–Kier alpha value is -2.21. The van der Waals surface area contributed by atoms with Gasteiger partial charge in [0.1, 0.15) is 0 Å². The molecule has 0 saturated carbocycles. The summed E-state index contributed by atoms with van der Waals surface area (Å²) in [6.45, 7) is 3.81. The van der Waals surface area contributed by atoms with E-state index in [1.54, 1.807) is 13.8 Å². The third-order valence-electron chi connectivity index (χ3n) is 3.13. The fraction of sp³-hybridized carbons (Fsp3) is 0.400. The Kier molecular flexibility index (Phi) is 6.55. The third kappa shape index (κ3) is 4.68. The van der Waals surface area contributed by atoms with Crippen molar-refractivity contribution in [2.45, 2.75) is 32.7 Å². The van der Waals surface area contributed by atoms with Gasteiger partial charge in [-0.05, 0) is 24.5 Å². The lowest BCUT2D eigenvalue weighted by Gasteiger charge is -2.22. The maximum atomic E-state index is 12.2. The summed E-state index contributed by atoms with van der Waals surface area (Å²) in [6.07, 6.45) is 2.17. The van der Waals surface area contributed by atoms with Crippen molar-refractivity contribution in [3.63, 3.8) is 0 Å². The highest BCUT2D eigenvalue weighted by atomic mass is 16.2. The van der Waals surface area contributed by atoms with Gasteiger partial charge >= 0.3 is 0 Å². The van der Waals surface area contributed by atoms with Crippen LogP contribution >= 0.6 is 0 Å². The molecule has 0 aliphatic rings. The number of benzene rings is 1. The Bertz CT molecular complexity index is 528. The molecule has 114 valence electrons. The topological polar surface area (TPSA) is 102 Å². The number of imide groups is 1. The van der Waals surface area contributed by atoms with Crippen molar-refractivity contribution in [2.75, 3.05) is 6.54 Å². The minimum atomic E-state index is -0.745. The molecule has 6 nitrogen and oxygen atoms in total. The lowest BCUT2D eigenvalue weighted by atomic mass is 10.0. The second kappa shape index (κ2) is 8.16. The first-order valence-corrected chi connectivity index (χ1v) is 6.95. The molecule has 1 rings (SSSR count). The minimum Gasteiger partial charge on any atom is -0.323 e. The smallest absolute Gasteiger partial charge is 0.246 e. The van der Waals surface area contributed by atoms with Crippen molar-refractivity contribution < 1.29 is 9.59 Å². The summed E-state index contributed by atoms with van der Waals surface area (Å²) in [5, 5.41) is 3.46. The lowest BCUT2D eigenvalue weighted by molar-refractivity contribution is -0.145.